The smallest absolute Gasteiger partial charge is 0.416 e. The summed E-state index contributed by atoms with van der Waals surface area (Å²) in [4.78, 5) is 26.2. The Balaban J connectivity index is 1.87. The molecular formula is C23H19F3N2O4S. The van der Waals surface area contributed by atoms with E-state index in [0.29, 0.717) is 16.9 Å². The number of benzene rings is 2. The zero-order valence-electron chi connectivity index (χ0n) is 17.4. The predicted octanol–water partition coefficient (Wildman–Crippen LogP) is 4.11. The molecule has 0 spiro atoms. The van der Waals surface area contributed by atoms with E-state index in [9.17, 15) is 22.8 Å². The van der Waals surface area contributed by atoms with Crippen molar-refractivity contribution in [2.75, 3.05) is 13.7 Å². The summed E-state index contributed by atoms with van der Waals surface area (Å²) in [7, 11) is 1.44. The van der Waals surface area contributed by atoms with Crippen LogP contribution in [0.15, 0.2) is 60.7 Å². The zero-order chi connectivity index (χ0) is 24.2. The Morgan fingerprint density at radius 3 is 2.61 bits per heavy atom. The van der Waals surface area contributed by atoms with Gasteiger partial charge in [-0.05, 0) is 54.2 Å². The van der Waals surface area contributed by atoms with Crippen LogP contribution < -0.4 is 14.8 Å². The molecule has 1 saturated heterocycles. The van der Waals surface area contributed by atoms with Crippen LogP contribution in [-0.4, -0.2) is 35.5 Å². The number of carbonyl (C=O) groups excluding carboxylic acids is 2. The minimum absolute atomic E-state index is 0.00745. The summed E-state index contributed by atoms with van der Waals surface area (Å²) in [5, 5.41) is 2.45. The van der Waals surface area contributed by atoms with Gasteiger partial charge in [-0.3, -0.25) is 19.8 Å². The van der Waals surface area contributed by atoms with Gasteiger partial charge >= 0.3 is 6.18 Å². The van der Waals surface area contributed by atoms with E-state index in [4.69, 9.17) is 21.7 Å². The lowest BCUT2D eigenvalue weighted by Gasteiger charge is -2.27. The summed E-state index contributed by atoms with van der Waals surface area (Å²) in [6.07, 6.45) is -1.61. The van der Waals surface area contributed by atoms with E-state index in [0.717, 1.165) is 12.1 Å². The summed E-state index contributed by atoms with van der Waals surface area (Å²) in [5.74, 6) is -0.742. The normalized spacial score (nSPS) is 15.5. The number of halogens is 3. The molecule has 0 saturated carbocycles. The molecule has 1 aliphatic heterocycles. The van der Waals surface area contributed by atoms with Gasteiger partial charge in [0.25, 0.3) is 11.8 Å². The summed E-state index contributed by atoms with van der Waals surface area (Å²) < 4.78 is 49.6. The minimum atomic E-state index is -4.49. The Labute approximate surface area is 193 Å². The van der Waals surface area contributed by atoms with Gasteiger partial charge in [0.1, 0.15) is 23.7 Å². The number of amides is 2. The highest BCUT2D eigenvalue weighted by Gasteiger charge is 2.33. The molecule has 0 unspecified atom stereocenters. The van der Waals surface area contributed by atoms with Gasteiger partial charge in [-0.15, -0.1) is 6.58 Å². The van der Waals surface area contributed by atoms with E-state index in [1.54, 1.807) is 18.2 Å². The largest absolute Gasteiger partial charge is 0.496 e. The van der Waals surface area contributed by atoms with Crippen molar-refractivity contribution in [3.63, 3.8) is 0 Å². The molecule has 1 aliphatic rings. The summed E-state index contributed by atoms with van der Waals surface area (Å²) in [6, 6.07) is 9.37. The molecule has 2 aromatic carbocycles. The number of hydrogen-bond donors (Lipinski definition) is 1. The molecule has 0 aliphatic carbocycles. The minimum Gasteiger partial charge on any atom is -0.496 e. The zero-order valence-corrected chi connectivity index (χ0v) is 18.3. The van der Waals surface area contributed by atoms with E-state index in [2.05, 4.69) is 11.9 Å². The van der Waals surface area contributed by atoms with Crippen LogP contribution in [0.3, 0.4) is 0 Å². The first-order valence-corrected chi connectivity index (χ1v) is 10.0. The van der Waals surface area contributed by atoms with Crippen LogP contribution in [0.1, 0.15) is 16.7 Å². The third-order valence-electron chi connectivity index (χ3n) is 4.67. The average Bonchev–Trinajstić information content (AvgIpc) is 2.77. The fraction of sp³-hybridized carbons (Fsp3) is 0.174. The molecule has 3 rings (SSSR count). The highest BCUT2D eigenvalue weighted by Crippen LogP contribution is 2.32. The van der Waals surface area contributed by atoms with Crippen molar-refractivity contribution in [2.45, 2.75) is 12.8 Å². The first-order valence-electron chi connectivity index (χ1n) is 9.60. The van der Waals surface area contributed by atoms with E-state index < -0.39 is 23.6 Å². The fourth-order valence-electron chi connectivity index (χ4n) is 3.08. The first kappa shape index (κ1) is 24.0. The van der Waals surface area contributed by atoms with Crippen molar-refractivity contribution in [1.29, 1.82) is 0 Å². The number of hydrogen-bond acceptors (Lipinski definition) is 5. The number of methoxy groups -OCH3 is 1. The molecule has 0 bridgehead atoms. The molecule has 172 valence electrons. The standard InChI is InChI=1S/C23H19F3N2O4S/c1-3-9-28-21(30)18(20(29)27-22(28)33)11-14-7-8-19(31-2)15(10-14)13-32-17-6-4-5-16(12-17)23(24,25)26/h3-8,10-12H,1,9,13H2,2H3,(H,27,29,33). The molecule has 2 aromatic rings. The molecule has 0 atom stereocenters. The second-order valence-electron chi connectivity index (χ2n) is 6.91. The molecule has 33 heavy (non-hydrogen) atoms. The van der Waals surface area contributed by atoms with Crippen molar-refractivity contribution >= 4 is 35.2 Å². The van der Waals surface area contributed by atoms with Gasteiger partial charge in [0.2, 0.25) is 0 Å². The topological polar surface area (TPSA) is 67.9 Å². The molecule has 1 heterocycles. The lowest BCUT2D eigenvalue weighted by Crippen LogP contribution is -2.53. The Hall–Kier alpha value is -3.66. The second kappa shape index (κ2) is 9.86. The molecule has 2 amide bonds. The quantitative estimate of drug-likeness (QED) is 0.282. The van der Waals surface area contributed by atoms with Crippen LogP contribution in [-0.2, 0) is 22.4 Å². The summed E-state index contributed by atoms with van der Waals surface area (Å²) >= 11 is 5.03. The molecule has 10 heteroatoms. The van der Waals surface area contributed by atoms with Crippen LogP contribution in [0.25, 0.3) is 6.08 Å². The SMILES string of the molecule is C=CCN1C(=O)C(=Cc2ccc(OC)c(COc3cccc(C(F)(F)F)c3)c2)C(=O)NC1=S. The Bertz CT molecular complexity index is 1140. The molecule has 0 radical (unpaired) electrons. The lowest BCUT2D eigenvalue weighted by atomic mass is 10.0. The molecule has 6 nitrogen and oxygen atoms in total. The summed E-state index contributed by atoms with van der Waals surface area (Å²) in [6.45, 7) is 3.60. The van der Waals surface area contributed by atoms with E-state index in [1.807, 2.05) is 0 Å². The van der Waals surface area contributed by atoms with Gasteiger partial charge in [0.15, 0.2) is 5.11 Å². The van der Waals surface area contributed by atoms with Crippen molar-refractivity contribution in [3.8, 4) is 11.5 Å². The Morgan fingerprint density at radius 2 is 1.94 bits per heavy atom. The van der Waals surface area contributed by atoms with Crippen LogP contribution >= 0.6 is 12.2 Å². The average molecular weight is 476 g/mol. The van der Waals surface area contributed by atoms with E-state index >= 15 is 0 Å². The van der Waals surface area contributed by atoms with E-state index in [1.165, 1.54) is 36.3 Å². The van der Waals surface area contributed by atoms with Crippen LogP contribution in [0.2, 0.25) is 0 Å². The highest BCUT2D eigenvalue weighted by atomic mass is 32.1. The van der Waals surface area contributed by atoms with Gasteiger partial charge in [-0.25, -0.2) is 0 Å². The molecule has 1 fully saturated rings. The predicted molar refractivity (Wildman–Crippen MR) is 119 cm³/mol. The lowest BCUT2D eigenvalue weighted by molar-refractivity contribution is -0.137. The number of nitrogens with one attached hydrogen (secondary N) is 1. The Morgan fingerprint density at radius 1 is 1.18 bits per heavy atom. The van der Waals surface area contributed by atoms with Crippen LogP contribution in [0.5, 0.6) is 11.5 Å². The van der Waals surface area contributed by atoms with Crippen molar-refractivity contribution in [1.82, 2.24) is 10.2 Å². The van der Waals surface area contributed by atoms with Gasteiger partial charge < -0.3 is 9.47 Å². The van der Waals surface area contributed by atoms with Crippen LogP contribution in [0.4, 0.5) is 13.2 Å². The number of ether oxygens (including phenoxy) is 2. The van der Waals surface area contributed by atoms with Crippen molar-refractivity contribution in [2.24, 2.45) is 0 Å². The van der Waals surface area contributed by atoms with Crippen molar-refractivity contribution in [3.05, 3.63) is 77.4 Å². The maximum atomic E-state index is 12.9. The molecule has 1 N–H and O–H groups in total. The monoisotopic (exact) mass is 476 g/mol. The molecule has 0 aromatic heterocycles. The summed E-state index contributed by atoms with van der Waals surface area (Å²) in [5.41, 5.74) is 0.0457. The third kappa shape index (κ3) is 5.58. The van der Waals surface area contributed by atoms with Gasteiger partial charge in [0, 0.05) is 12.1 Å². The van der Waals surface area contributed by atoms with Crippen LogP contribution in [0, 0.1) is 0 Å². The third-order valence-corrected chi connectivity index (χ3v) is 4.99. The maximum Gasteiger partial charge on any atom is 0.416 e. The Kier molecular flexibility index (Phi) is 7.17. The molecular weight excluding hydrogens is 457 g/mol. The van der Waals surface area contributed by atoms with Gasteiger partial charge in [-0.1, -0.05) is 18.2 Å². The fourth-order valence-corrected chi connectivity index (χ4v) is 3.33. The highest BCUT2D eigenvalue weighted by molar-refractivity contribution is 7.80. The maximum absolute atomic E-state index is 12.9. The number of nitrogens with zero attached hydrogens (tertiary/aromatic N) is 1. The van der Waals surface area contributed by atoms with E-state index in [-0.39, 0.29) is 29.6 Å². The number of alkyl halides is 3. The number of thiocarbonyl (C=S) groups is 1. The second-order valence-corrected chi connectivity index (χ2v) is 7.29. The van der Waals surface area contributed by atoms with Gasteiger partial charge in [0.05, 0.1) is 12.7 Å². The number of carbonyl (C=O) groups is 2. The first-order chi connectivity index (χ1) is 15.6. The van der Waals surface area contributed by atoms with Gasteiger partial charge in [-0.2, -0.15) is 13.2 Å². The van der Waals surface area contributed by atoms with Crippen molar-refractivity contribution < 1.29 is 32.2 Å². The number of rotatable bonds is 7.